The first kappa shape index (κ1) is 21.9. The summed E-state index contributed by atoms with van der Waals surface area (Å²) in [4.78, 5) is 16.4. The molecule has 32 heavy (non-hydrogen) atoms. The molecule has 0 aliphatic carbocycles. The molecule has 0 atom stereocenters. The van der Waals surface area contributed by atoms with Crippen molar-refractivity contribution in [2.45, 2.75) is 13.1 Å². The molecule has 0 radical (unpaired) electrons. The smallest absolute Gasteiger partial charge is 0.225 e. The van der Waals surface area contributed by atoms with Crippen molar-refractivity contribution in [3.8, 4) is 11.5 Å². The Kier molecular flexibility index (Phi) is 7.07. The van der Waals surface area contributed by atoms with Crippen LogP contribution in [0, 0.1) is 0 Å². The van der Waals surface area contributed by atoms with Gasteiger partial charge < -0.3 is 24.2 Å². The molecule has 4 rings (SSSR count). The highest BCUT2D eigenvalue weighted by atomic mass is 16.5. The molecule has 1 aliphatic heterocycles. The molecule has 0 N–H and O–H groups in total. The maximum Gasteiger partial charge on any atom is 0.225 e. The molecule has 0 bridgehead atoms. The summed E-state index contributed by atoms with van der Waals surface area (Å²) < 4.78 is 10.6. The van der Waals surface area contributed by atoms with Crippen LogP contribution in [-0.2, 0) is 13.1 Å². The number of benzene rings is 2. The molecule has 2 aromatic carbocycles. The zero-order valence-corrected chi connectivity index (χ0v) is 19.1. The Hall–Kier alpha value is -3.32. The average Bonchev–Trinajstić information content (AvgIpc) is 2.85. The van der Waals surface area contributed by atoms with Crippen LogP contribution < -0.4 is 19.3 Å². The molecule has 1 aromatic heterocycles. The topological polar surface area (TPSA) is 54.0 Å². The summed E-state index contributed by atoms with van der Waals surface area (Å²) in [5, 5.41) is 0. The Bertz CT molecular complexity index is 919. The van der Waals surface area contributed by atoms with E-state index in [0.29, 0.717) is 13.1 Å². The molecule has 168 valence electrons. The van der Waals surface area contributed by atoms with Gasteiger partial charge in [-0.15, -0.1) is 0 Å². The van der Waals surface area contributed by atoms with Gasteiger partial charge in [-0.3, -0.25) is 0 Å². The predicted octanol–water partition coefficient (Wildman–Crippen LogP) is 3.45. The number of hydrogen-bond acceptors (Lipinski definition) is 7. The number of piperazine rings is 1. The lowest BCUT2D eigenvalue weighted by Gasteiger charge is -2.33. The lowest BCUT2D eigenvalue weighted by molar-refractivity contribution is 0.312. The van der Waals surface area contributed by atoms with E-state index in [1.54, 1.807) is 14.2 Å². The monoisotopic (exact) mass is 433 g/mol. The first-order valence-corrected chi connectivity index (χ1v) is 10.9. The Morgan fingerprint density at radius 3 is 1.66 bits per heavy atom. The quantitative estimate of drug-likeness (QED) is 0.539. The maximum absolute atomic E-state index is 5.30. The van der Waals surface area contributed by atoms with Gasteiger partial charge in [0.05, 0.1) is 32.3 Å². The third kappa shape index (κ3) is 5.48. The van der Waals surface area contributed by atoms with Crippen molar-refractivity contribution in [3.05, 3.63) is 72.1 Å². The number of rotatable bonds is 8. The first-order chi connectivity index (χ1) is 15.6. The highest BCUT2D eigenvalue weighted by Crippen LogP contribution is 2.22. The first-order valence-electron chi connectivity index (χ1n) is 10.9. The van der Waals surface area contributed by atoms with Crippen molar-refractivity contribution < 1.29 is 9.47 Å². The number of likely N-dealkylation sites (N-methyl/N-ethyl adjacent to an activating group) is 1. The van der Waals surface area contributed by atoms with Crippen LogP contribution in [0.1, 0.15) is 11.1 Å². The molecule has 2 heterocycles. The molecule has 1 aliphatic rings. The van der Waals surface area contributed by atoms with Crippen LogP contribution in [0.25, 0.3) is 0 Å². The Morgan fingerprint density at radius 1 is 0.750 bits per heavy atom. The second-order valence-electron chi connectivity index (χ2n) is 8.08. The van der Waals surface area contributed by atoms with Crippen molar-refractivity contribution in [2.24, 2.45) is 0 Å². The van der Waals surface area contributed by atoms with Gasteiger partial charge in [0.2, 0.25) is 5.95 Å². The highest BCUT2D eigenvalue weighted by Gasteiger charge is 2.17. The maximum atomic E-state index is 5.30. The van der Waals surface area contributed by atoms with Crippen LogP contribution in [0.15, 0.2) is 60.9 Å². The molecule has 7 nitrogen and oxygen atoms in total. The second kappa shape index (κ2) is 10.3. The lowest BCUT2D eigenvalue weighted by Crippen LogP contribution is -2.44. The predicted molar refractivity (Wildman–Crippen MR) is 128 cm³/mol. The minimum absolute atomic E-state index is 0.698. The summed E-state index contributed by atoms with van der Waals surface area (Å²) in [6.45, 7) is 5.51. The Morgan fingerprint density at radius 2 is 1.22 bits per heavy atom. The Labute approximate surface area is 190 Å². The van der Waals surface area contributed by atoms with Gasteiger partial charge in [0.25, 0.3) is 0 Å². The summed E-state index contributed by atoms with van der Waals surface area (Å²) in [6, 6.07) is 16.3. The van der Waals surface area contributed by atoms with Gasteiger partial charge in [0.15, 0.2) is 0 Å². The molecule has 0 unspecified atom stereocenters. The number of nitrogens with zero attached hydrogens (tertiary/aromatic N) is 5. The molecule has 7 heteroatoms. The average molecular weight is 434 g/mol. The zero-order chi connectivity index (χ0) is 22.3. The summed E-state index contributed by atoms with van der Waals surface area (Å²) in [7, 11) is 5.52. The van der Waals surface area contributed by atoms with E-state index in [1.165, 1.54) is 11.1 Å². The van der Waals surface area contributed by atoms with E-state index < -0.39 is 0 Å². The van der Waals surface area contributed by atoms with Crippen LogP contribution in [0.2, 0.25) is 0 Å². The van der Waals surface area contributed by atoms with E-state index in [2.05, 4.69) is 46.0 Å². The van der Waals surface area contributed by atoms with Crippen molar-refractivity contribution in [2.75, 3.05) is 57.2 Å². The Balaban J connectivity index is 1.54. The number of anilines is 2. The fourth-order valence-corrected chi connectivity index (χ4v) is 3.81. The van der Waals surface area contributed by atoms with Crippen LogP contribution in [0.5, 0.6) is 11.5 Å². The lowest BCUT2D eigenvalue weighted by atomic mass is 10.1. The zero-order valence-electron chi connectivity index (χ0n) is 19.1. The summed E-state index contributed by atoms with van der Waals surface area (Å²) in [5.74, 6) is 2.42. The van der Waals surface area contributed by atoms with Crippen LogP contribution in [0.4, 0.5) is 11.6 Å². The van der Waals surface area contributed by atoms with Crippen molar-refractivity contribution in [1.82, 2.24) is 14.9 Å². The third-order valence-corrected chi connectivity index (χ3v) is 5.84. The molecule has 1 fully saturated rings. The third-order valence-electron chi connectivity index (χ3n) is 5.84. The molecule has 1 saturated heterocycles. The molecule has 0 spiro atoms. The summed E-state index contributed by atoms with van der Waals surface area (Å²) in [6.07, 6.45) is 3.89. The van der Waals surface area contributed by atoms with Crippen LogP contribution in [-0.4, -0.2) is 62.3 Å². The van der Waals surface area contributed by atoms with E-state index in [-0.39, 0.29) is 0 Å². The SMILES string of the molecule is COc1ccc(CN(Cc2ccc(OC)cc2)c2ncc(N3CCN(C)CC3)cn2)cc1. The second-order valence-corrected chi connectivity index (χ2v) is 8.08. The summed E-state index contributed by atoms with van der Waals surface area (Å²) in [5.41, 5.74) is 3.42. The molecular formula is C25H31N5O2. The van der Waals surface area contributed by atoms with Gasteiger partial charge in [0.1, 0.15) is 11.5 Å². The van der Waals surface area contributed by atoms with E-state index in [9.17, 15) is 0 Å². The number of ether oxygens (including phenoxy) is 2. The minimum Gasteiger partial charge on any atom is -0.497 e. The minimum atomic E-state index is 0.698. The normalized spacial score (nSPS) is 14.3. The van der Waals surface area contributed by atoms with Gasteiger partial charge in [-0.05, 0) is 42.4 Å². The molecule has 0 saturated carbocycles. The number of aromatic nitrogens is 2. The highest BCUT2D eigenvalue weighted by molar-refractivity contribution is 5.46. The molecule has 3 aromatic rings. The van der Waals surface area contributed by atoms with E-state index in [0.717, 1.165) is 49.3 Å². The van der Waals surface area contributed by atoms with Crippen LogP contribution >= 0.6 is 0 Å². The van der Waals surface area contributed by atoms with Gasteiger partial charge in [-0.25, -0.2) is 9.97 Å². The van der Waals surface area contributed by atoms with E-state index in [4.69, 9.17) is 19.4 Å². The van der Waals surface area contributed by atoms with Gasteiger partial charge in [-0.1, -0.05) is 24.3 Å². The van der Waals surface area contributed by atoms with Gasteiger partial charge in [-0.2, -0.15) is 0 Å². The largest absolute Gasteiger partial charge is 0.497 e. The van der Waals surface area contributed by atoms with Crippen molar-refractivity contribution >= 4 is 11.6 Å². The van der Waals surface area contributed by atoms with Gasteiger partial charge >= 0.3 is 0 Å². The van der Waals surface area contributed by atoms with Crippen molar-refractivity contribution in [3.63, 3.8) is 0 Å². The molecule has 0 amide bonds. The number of hydrogen-bond donors (Lipinski definition) is 0. The molecular weight excluding hydrogens is 402 g/mol. The standard InChI is InChI=1S/C25H31N5O2/c1-28-12-14-29(15-13-28)22-16-26-25(27-17-22)30(18-20-4-8-23(31-2)9-5-20)19-21-6-10-24(32-3)11-7-21/h4-11,16-17H,12-15,18-19H2,1-3H3. The van der Waals surface area contributed by atoms with E-state index >= 15 is 0 Å². The number of methoxy groups -OCH3 is 2. The van der Waals surface area contributed by atoms with Crippen molar-refractivity contribution in [1.29, 1.82) is 0 Å². The summed E-state index contributed by atoms with van der Waals surface area (Å²) >= 11 is 0. The van der Waals surface area contributed by atoms with E-state index in [1.807, 2.05) is 36.7 Å². The fourth-order valence-electron chi connectivity index (χ4n) is 3.81. The van der Waals surface area contributed by atoms with Gasteiger partial charge in [0, 0.05) is 39.3 Å². The van der Waals surface area contributed by atoms with Crippen LogP contribution in [0.3, 0.4) is 0 Å². The fraction of sp³-hybridized carbons (Fsp3) is 0.360.